The van der Waals surface area contributed by atoms with E-state index in [1.807, 2.05) is 0 Å². The highest BCUT2D eigenvalue weighted by Crippen LogP contribution is 2.13. The monoisotopic (exact) mass is 221 g/mol. The third-order valence-corrected chi connectivity index (χ3v) is 2.91. The molecule has 0 amide bonds. The van der Waals surface area contributed by atoms with Gasteiger partial charge >= 0.3 is 0 Å². The molecule has 0 aliphatic rings. The second-order valence-electron chi connectivity index (χ2n) is 4.53. The van der Waals surface area contributed by atoms with Crippen LogP contribution in [0.15, 0.2) is 18.2 Å². The quantitative estimate of drug-likeness (QED) is 0.749. The molecule has 1 aromatic rings. The van der Waals surface area contributed by atoms with E-state index in [1.54, 1.807) is 7.11 Å². The third-order valence-electron chi connectivity index (χ3n) is 2.91. The zero-order valence-electron chi connectivity index (χ0n) is 10.6. The van der Waals surface area contributed by atoms with Crippen LogP contribution < -0.4 is 5.73 Å². The van der Waals surface area contributed by atoms with E-state index in [0.29, 0.717) is 0 Å². The molecule has 1 rings (SSSR count). The second kappa shape index (κ2) is 6.66. The molecule has 0 aliphatic heterocycles. The molecule has 2 N–H and O–H groups in total. The minimum absolute atomic E-state index is 0.246. The molecule has 1 unspecified atom stereocenters. The lowest BCUT2D eigenvalue weighted by Gasteiger charge is -2.13. The van der Waals surface area contributed by atoms with Crippen molar-refractivity contribution in [3.05, 3.63) is 34.9 Å². The fourth-order valence-electron chi connectivity index (χ4n) is 1.89. The molecule has 0 saturated carbocycles. The minimum atomic E-state index is 0.246. The molecule has 16 heavy (non-hydrogen) atoms. The molecule has 1 atom stereocenters. The first-order valence-corrected chi connectivity index (χ1v) is 5.94. The van der Waals surface area contributed by atoms with Crippen molar-refractivity contribution in [1.82, 2.24) is 0 Å². The number of methoxy groups -OCH3 is 1. The SMILES string of the molecule is COCCCC(N)Cc1cc(C)ccc1C. The van der Waals surface area contributed by atoms with Gasteiger partial charge in [-0.3, -0.25) is 0 Å². The van der Waals surface area contributed by atoms with Crippen molar-refractivity contribution in [2.75, 3.05) is 13.7 Å². The van der Waals surface area contributed by atoms with E-state index in [2.05, 4.69) is 32.0 Å². The number of rotatable bonds is 6. The largest absolute Gasteiger partial charge is 0.385 e. The van der Waals surface area contributed by atoms with E-state index in [9.17, 15) is 0 Å². The molecular formula is C14H23NO. The summed E-state index contributed by atoms with van der Waals surface area (Å²) in [5.41, 5.74) is 10.1. The first-order chi connectivity index (χ1) is 7.63. The van der Waals surface area contributed by atoms with E-state index >= 15 is 0 Å². The van der Waals surface area contributed by atoms with Crippen LogP contribution >= 0.6 is 0 Å². The van der Waals surface area contributed by atoms with Crippen molar-refractivity contribution in [2.45, 2.75) is 39.2 Å². The zero-order chi connectivity index (χ0) is 12.0. The van der Waals surface area contributed by atoms with Crippen LogP contribution in [0.1, 0.15) is 29.5 Å². The summed E-state index contributed by atoms with van der Waals surface area (Å²) >= 11 is 0. The topological polar surface area (TPSA) is 35.2 Å². The van der Waals surface area contributed by atoms with Gasteiger partial charge in [-0.15, -0.1) is 0 Å². The van der Waals surface area contributed by atoms with Gasteiger partial charge < -0.3 is 10.5 Å². The van der Waals surface area contributed by atoms with Gasteiger partial charge in [0.2, 0.25) is 0 Å². The predicted molar refractivity (Wildman–Crippen MR) is 68.7 cm³/mol. The van der Waals surface area contributed by atoms with Gasteiger partial charge in [0.15, 0.2) is 0 Å². The van der Waals surface area contributed by atoms with E-state index in [1.165, 1.54) is 16.7 Å². The van der Waals surface area contributed by atoms with Crippen molar-refractivity contribution in [3.8, 4) is 0 Å². The Labute approximate surface area is 98.8 Å². The van der Waals surface area contributed by atoms with Crippen LogP contribution in [-0.2, 0) is 11.2 Å². The molecule has 0 bridgehead atoms. The lowest BCUT2D eigenvalue weighted by Crippen LogP contribution is -2.23. The highest BCUT2D eigenvalue weighted by atomic mass is 16.5. The maximum Gasteiger partial charge on any atom is 0.0462 e. The van der Waals surface area contributed by atoms with Gasteiger partial charge in [-0.2, -0.15) is 0 Å². The molecular weight excluding hydrogens is 198 g/mol. The van der Waals surface area contributed by atoms with Gasteiger partial charge in [0.25, 0.3) is 0 Å². The Morgan fingerprint density at radius 3 is 2.75 bits per heavy atom. The molecule has 0 saturated heterocycles. The van der Waals surface area contributed by atoms with E-state index < -0.39 is 0 Å². The maximum atomic E-state index is 6.11. The van der Waals surface area contributed by atoms with E-state index in [0.717, 1.165) is 25.9 Å². The van der Waals surface area contributed by atoms with Crippen LogP contribution in [-0.4, -0.2) is 19.8 Å². The van der Waals surface area contributed by atoms with Crippen molar-refractivity contribution >= 4 is 0 Å². The number of hydrogen-bond acceptors (Lipinski definition) is 2. The van der Waals surface area contributed by atoms with Gasteiger partial charge in [0.1, 0.15) is 0 Å². The first kappa shape index (κ1) is 13.2. The van der Waals surface area contributed by atoms with Gasteiger partial charge in [-0.1, -0.05) is 23.8 Å². The van der Waals surface area contributed by atoms with Crippen LogP contribution in [0, 0.1) is 13.8 Å². The Bertz CT molecular complexity index is 323. The van der Waals surface area contributed by atoms with Gasteiger partial charge in [0.05, 0.1) is 0 Å². The lowest BCUT2D eigenvalue weighted by atomic mass is 9.97. The van der Waals surface area contributed by atoms with Crippen LogP contribution in [0.3, 0.4) is 0 Å². The summed E-state index contributed by atoms with van der Waals surface area (Å²) in [5, 5.41) is 0. The number of ether oxygens (including phenoxy) is 1. The predicted octanol–water partition coefficient (Wildman–Crippen LogP) is 2.60. The smallest absolute Gasteiger partial charge is 0.0462 e. The molecule has 0 radical (unpaired) electrons. The van der Waals surface area contributed by atoms with Gasteiger partial charge in [0, 0.05) is 19.8 Å². The van der Waals surface area contributed by atoms with Crippen LogP contribution in [0.25, 0.3) is 0 Å². The van der Waals surface area contributed by atoms with Crippen molar-refractivity contribution in [1.29, 1.82) is 0 Å². The fourth-order valence-corrected chi connectivity index (χ4v) is 1.89. The molecule has 1 aromatic carbocycles. The Morgan fingerprint density at radius 1 is 1.31 bits per heavy atom. The number of hydrogen-bond donors (Lipinski definition) is 1. The Kier molecular flexibility index (Phi) is 5.50. The molecule has 0 aromatic heterocycles. The second-order valence-corrected chi connectivity index (χ2v) is 4.53. The number of aryl methyl sites for hydroxylation is 2. The van der Waals surface area contributed by atoms with E-state index in [4.69, 9.17) is 10.5 Å². The Balaban J connectivity index is 2.48. The maximum absolute atomic E-state index is 6.11. The van der Waals surface area contributed by atoms with Gasteiger partial charge in [-0.25, -0.2) is 0 Å². The molecule has 2 heteroatoms. The minimum Gasteiger partial charge on any atom is -0.385 e. The van der Waals surface area contributed by atoms with Crippen LogP contribution in [0.2, 0.25) is 0 Å². The molecule has 0 spiro atoms. The zero-order valence-corrected chi connectivity index (χ0v) is 10.6. The van der Waals surface area contributed by atoms with Crippen LogP contribution in [0.4, 0.5) is 0 Å². The average Bonchev–Trinajstić information content (AvgIpc) is 2.24. The van der Waals surface area contributed by atoms with Gasteiger partial charge in [-0.05, 0) is 44.2 Å². The number of benzene rings is 1. The summed E-state index contributed by atoms with van der Waals surface area (Å²) in [4.78, 5) is 0. The van der Waals surface area contributed by atoms with Crippen molar-refractivity contribution in [3.63, 3.8) is 0 Å². The molecule has 0 heterocycles. The van der Waals surface area contributed by atoms with E-state index in [-0.39, 0.29) is 6.04 Å². The summed E-state index contributed by atoms with van der Waals surface area (Å²) in [6.45, 7) is 5.08. The molecule has 0 fully saturated rings. The highest BCUT2D eigenvalue weighted by Gasteiger charge is 2.06. The molecule has 2 nitrogen and oxygen atoms in total. The summed E-state index contributed by atoms with van der Waals surface area (Å²) in [7, 11) is 1.73. The van der Waals surface area contributed by atoms with Crippen molar-refractivity contribution in [2.24, 2.45) is 5.73 Å². The molecule has 0 aliphatic carbocycles. The average molecular weight is 221 g/mol. The summed E-state index contributed by atoms with van der Waals surface area (Å²) in [6.07, 6.45) is 3.04. The normalized spacial score (nSPS) is 12.8. The highest BCUT2D eigenvalue weighted by molar-refractivity contribution is 5.31. The fraction of sp³-hybridized carbons (Fsp3) is 0.571. The Hall–Kier alpha value is -0.860. The Morgan fingerprint density at radius 2 is 2.06 bits per heavy atom. The standard InChI is InChI=1S/C14H23NO/c1-11-6-7-12(2)13(9-11)10-14(15)5-4-8-16-3/h6-7,9,14H,4-5,8,10,15H2,1-3H3. The summed E-state index contributed by atoms with van der Waals surface area (Å²) in [6, 6.07) is 6.81. The van der Waals surface area contributed by atoms with Crippen LogP contribution in [0.5, 0.6) is 0 Å². The van der Waals surface area contributed by atoms with Crippen molar-refractivity contribution < 1.29 is 4.74 Å². The summed E-state index contributed by atoms with van der Waals surface area (Å²) in [5.74, 6) is 0. The lowest BCUT2D eigenvalue weighted by molar-refractivity contribution is 0.190. The first-order valence-electron chi connectivity index (χ1n) is 5.94. The summed E-state index contributed by atoms with van der Waals surface area (Å²) < 4.78 is 5.03. The number of nitrogens with two attached hydrogens (primary N) is 1. The third kappa shape index (κ3) is 4.33. The molecule has 90 valence electrons.